The van der Waals surface area contributed by atoms with Crippen LogP contribution >= 0.6 is 0 Å². The molecule has 0 aromatic heterocycles. The summed E-state index contributed by atoms with van der Waals surface area (Å²) in [5.74, 6) is -0.413. The molecule has 0 bridgehead atoms. The first-order chi connectivity index (χ1) is 11.4. The highest BCUT2D eigenvalue weighted by Gasteiger charge is 2.25. The molecule has 1 aliphatic rings. The van der Waals surface area contributed by atoms with Crippen molar-refractivity contribution in [2.75, 3.05) is 33.3 Å². The second-order valence-electron chi connectivity index (χ2n) is 6.08. The molecule has 24 heavy (non-hydrogen) atoms. The second kappa shape index (κ2) is 7.99. The van der Waals surface area contributed by atoms with E-state index in [4.69, 9.17) is 4.74 Å². The van der Waals surface area contributed by atoms with Gasteiger partial charge in [-0.15, -0.1) is 0 Å². The average molecular weight is 337 g/mol. The summed E-state index contributed by atoms with van der Waals surface area (Å²) in [6.45, 7) is 5.77. The van der Waals surface area contributed by atoms with Gasteiger partial charge < -0.3 is 19.9 Å². The minimum absolute atomic E-state index is 0.0649. The number of halogens is 1. The van der Waals surface area contributed by atoms with E-state index in [1.807, 2.05) is 13.8 Å². The van der Waals surface area contributed by atoms with Gasteiger partial charge in [-0.1, -0.05) is 0 Å². The molecule has 1 aromatic rings. The zero-order chi connectivity index (χ0) is 17.7. The molecular formula is C17H24FN3O3. The third-order valence-corrected chi connectivity index (χ3v) is 3.87. The Morgan fingerprint density at radius 1 is 1.17 bits per heavy atom. The number of amides is 3. The Balaban J connectivity index is 2.07. The van der Waals surface area contributed by atoms with Crippen LogP contribution in [0.25, 0.3) is 0 Å². The van der Waals surface area contributed by atoms with Crippen molar-refractivity contribution in [3.63, 3.8) is 0 Å². The maximum absolute atomic E-state index is 13.5. The van der Waals surface area contributed by atoms with Gasteiger partial charge in [0, 0.05) is 32.2 Å². The summed E-state index contributed by atoms with van der Waals surface area (Å²) in [7, 11) is 1.45. The fourth-order valence-corrected chi connectivity index (χ4v) is 2.68. The summed E-state index contributed by atoms with van der Waals surface area (Å²) in [5.41, 5.74) is 0.206. The molecule has 1 aromatic carbocycles. The number of ether oxygens (including phenoxy) is 1. The van der Waals surface area contributed by atoms with E-state index in [1.54, 1.807) is 9.80 Å². The van der Waals surface area contributed by atoms with Gasteiger partial charge in [-0.25, -0.2) is 9.18 Å². The first-order valence-electron chi connectivity index (χ1n) is 8.10. The SMILES string of the molecule is COc1ccc(F)cc1C(=O)N1CCCN(C(=O)NC(C)C)CC1. The van der Waals surface area contributed by atoms with E-state index in [0.29, 0.717) is 38.3 Å². The van der Waals surface area contributed by atoms with Crippen LogP contribution in [0.4, 0.5) is 9.18 Å². The maximum atomic E-state index is 13.5. The Hall–Kier alpha value is -2.31. The smallest absolute Gasteiger partial charge is 0.317 e. The summed E-state index contributed by atoms with van der Waals surface area (Å²) < 4.78 is 18.7. The van der Waals surface area contributed by atoms with Crippen LogP contribution in [-0.2, 0) is 0 Å². The lowest BCUT2D eigenvalue weighted by Crippen LogP contribution is -2.44. The van der Waals surface area contributed by atoms with Gasteiger partial charge in [-0.2, -0.15) is 0 Å². The number of rotatable bonds is 3. The normalized spacial score (nSPS) is 15.2. The molecule has 1 aliphatic heterocycles. The quantitative estimate of drug-likeness (QED) is 0.919. The molecule has 2 rings (SSSR count). The largest absolute Gasteiger partial charge is 0.496 e. The van der Waals surface area contributed by atoms with Crippen molar-refractivity contribution >= 4 is 11.9 Å². The monoisotopic (exact) mass is 337 g/mol. The summed E-state index contributed by atoms with van der Waals surface area (Å²) in [6, 6.07) is 3.84. The summed E-state index contributed by atoms with van der Waals surface area (Å²) in [4.78, 5) is 28.1. The van der Waals surface area contributed by atoms with Crippen LogP contribution < -0.4 is 10.1 Å². The fraction of sp³-hybridized carbons (Fsp3) is 0.529. The first-order valence-corrected chi connectivity index (χ1v) is 8.10. The fourth-order valence-electron chi connectivity index (χ4n) is 2.68. The number of hydrogen-bond acceptors (Lipinski definition) is 3. The molecule has 0 aliphatic carbocycles. The number of nitrogens with one attached hydrogen (secondary N) is 1. The lowest BCUT2D eigenvalue weighted by Gasteiger charge is -2.23. The summed E-state index contributed by atoms with van der Waals surface area (Å²) in [5, 5.41) is 2.86. The van der Waals surface area contributed by atoms with Gasteiger partial charge in [-0.3, -0.25) is 4.79 Å². The van der Waals surface area contributed by atoms with E-state index in [-0.39, 0.29) is 23.5 Å². The molecular weight excluding hydrogens is 313 g/mol. The highest BCUT2D eigenvalue weighted by Crippen LogP contribution is 2.21. The number of methoxy groups -OCH3 is 1. The molecule has 3 amide bonds. The van der Waals surface area contributed by atoms with E-state index >= 15 is 0 Å². The number of carbonyl (C=O) groups is 2. The minimum Gasteiger partial charge on any atom is -0.496 e. The Bertz CT molecular complexity index is 607. The van der Waals surface area contributed by atoms with E-state index in [2.05, 4.69) is 5.32 Å². The predicted octanol–water partition coefficient (Wildman–Crippen LogP) is 2.10. The van der Waals surface area contributed by atoms with Gasteiger partial charge >= 0.3 is 6.03 Å². The van der Waals surface area contributed by atoms with Gasteiger partial charge in [0.15, 0.2) is 0 Å². The lowest BCUT2D eigenvalue weighted by atomic mass is 10.1. The molecule has 132 valence electrons. The van der Waals surface area contributed by atoms with Gasteiger partial charge in [0.2, 0.25) is 0 Å². The topological polar surface area (TPSA) is 61.9 Å². The van der Waals surface area contributed by atoms with E-state index in [9.17, 15) is 14.0 Å². The van der Waals surface area contributed by atoms with Crippen LogP contribution in [0.3, 0.4) is 0 Å². The van der Waals surface area contributed by atoms with Crippen molar-refractivity contribution in [2.24, 2.45) is 0 Å². The number of carbonyl (C=O) groups excluding carboxylic acids is 2. The van der Waals surface area contributed by atoms with Gasteiger partial charge in [0.1, 0.15) is 11.6 Å². The average Bonchev–Trinajstić information content (AvgIpc) is 2.79. The standard InChI is InChI=1S/C17H24FN3O3/c1-12(2)19-17(23)21-8-4-7-20(9-10-21)16(22)14-11-13(18)5-6-15(14)24-3/h5-6,11-12H,4,7-10H2,1-3H3,(H,19,23). The molecule has 0 unspecified atom stereocenters. The Morgan fingerprint density at radius 2 is 1.83 bits per heavy atom. The molecule has 1 fully saturated rings. The van der Waals surface area contributed by atoms with Crippen LogP contribution in [0, 0.1) is 5.82 Å². The molecule has 0 saturated carbocycles. The number of urea groups is 1. The lowest BCUT2D eigenvalue weighted by molar-refractivity contribution is 0.0758. The van der Waals surface area contributed by atoms with Crippen molar-refractivity contribution in [1.82, 2.24) is 15.1 Å². The van der Waals surface area contributed by atoms with Crippen LogP contribution in [0.2, 0.25) is 0 Å². The zero-order valence-corrected chi connectivity index (χ0v) is 14.3. The number of benzene rings is 1. The molecule has 6 nitrogen and oxygen atoms in total. The highest BCUT2D eigenvalue weighted by atomic mass is 19.1. The van der Waals surface area contributed by atoms with Crippen molar-refractivity contribution < 1.29 is 18.7 Å². The number of nitrogens with zero attached hydrogens (tertiary/aromatic N) is 2. The molecule has 0 radical (unpaired) electrons. The molecule has 0 spiro atoms. The van der Waals surface area contributed by atoms with Gasteiger partial charge in [0.25, 0.3) is 5.91 Å². The third kappa shape index (κ3) is 4.37. The Labute approximate surface area is 141 Å². The Kier molecular flexibility index (Phi) is 6.00. The van der Waals surface area contributed by atoms with Crippen molar-refractivity contribution in [1.29, 1.82) is 0 Å². The first kappa shape index (κ1) is 18.0. The second-order valence-corrected chi connectivity index (χ2v) is 6.08. The summed E-state index contributed by atoms with van der Waals surface area (Å²) >= 11 is 0. The predicted molar refractivity (Wildman–Crippen MR) is 88.7 cm³/mol. The van der Waals surface area contributed by atoms with Crippen LogP contribution in [0.1, 0.15) is 30.6 Å². The molecule has 7 heteroatoms. The zero-order valence-electron chi connectivity index (χ0n) is 14.3. The third-order valence-electron chi connectivity index (χ3n) is 3.87. The van der Waals surface area contributed by atoms with E-state index in [0.717, 1.165) is 0 Å². The van der Waals surface area contributed by atoms with E-state index < -0.39 is 5.82 Å². The van der Waals surface area contributed by atoms with Crippen LogP contribution in [0.15, 0.2) is 18.2 Å². The minimum atomic E-state index is -0.480. The molecule has 1 saturated heterocycles. The van der Waals surface area contributed by atoms with Crippen molar-refractivity contribution in [3.8, 4) is 5.75 Å². The van der Waals surface area contributed by atoms with Crippen molar-refractivity contribution in [3.05, 3.63) is 29.6 Å². The van der Waals surface area contributed by atoms with E-state index in [1.165, 1.54) is 25.3 Å². The van der Waals surface area contributed by atoms with Gasteiger partial charge in [0.05, 0.1) is 12.7 Å². The van der Waals surface area contributed by atoms with Gasteiger partial charge in [-0.05, 0) is 38.5 Å². The Morgan fingerprint density at radius 3 is 2.50 bits per heavy atom. The van der Waals surface area contributed by atoms with Crippen molar-refractivity contribution in [2.45, 2.75) is 26.3 Å². The highest BCUT2D eigenvalue weighted by molar-refractivity contribution is 5.97. The number of hydrogen-bond donors (Lipinski definition) is 1. The molecule has 1 heterocycles. The maximum Gasteiger partial charge on any atom is 0.317 e. The molecule has 1 N–H and O–H groups in total. The van der Waals surface area contributed by atoms with Crippen LogP contribution in [-0.4, -0.2) is 61.1 Å². The molecule has 0 atom stereocenters. The summed E-state index contributed by atoms with van der Waals surface area (Å²) in [6.07, 6.45) is 0.675. The van der Waals surface area contributed by atoms with Crippen LogP contribution in [0.5, 0.6) is 5.75 Å².